The van der Waals surface area contributed by atoms with Gasteiger partial charge in [0.1, 0.15) is 5.82 Å². The standard InChI is InChI=1S/C28H27FN6O3/c1-3-14-30-26(36)28(2)16-37-25(38-17-28)24-34-22(18-9-11-19(29)12-10-18)23(35-24)21-13-15-31-27(33-21)32-20-7-5-4-6-8-20/h3-13,15,25H,1,14,16-17H2,2H3,(H,30,36)(H,34,35)(H,31,32,33). The lowest BCUT2D eigenvalue weighted by molar-refractivity contribution is -0.230. The van der Waals surface area contributed by atoms with Crippen molar-refractivity contribution in [1.82, 2.24) is 25.3 Å². The minimum absolute atomic E-state index is 0.140. The molecule has 1 amide bonds. The van der Waals surface area contributed by atoms with E-state index in [-0.39, 0.29) is 24.9 Å². The van der Waals surface area contributed by atoms with Gasteiger partial charge in [-0.1, -0.05) is 24.3 Å². The molecule has 10 heteroatoms. The van der Waals surface area contributed by atoms with E-state index < -0.39 is 11.7 Å². The number of aromatic amines is 1. The fourth-order valence-corrected chi connectivity index (χ4v) is 3.99. The summed E-state index contributed by atoms with van der Waals surface area (Å²) in [4.78, 5) is 29.6. The van der Waals surface area contributed by atoms with Crippen LogP contribution in [0.1, 0.15) is 19.0 Å². The molecule has 2 aromatic heterocycles. The number of hydrogen-bond acceptors (Lipinski definition) is 7. The fourth-order valence-electron chi connectivity index (χ4n) is 3.99. The number of carbonyl (C=O) groups is 1. The van der Waals surface area contributed by atoms with Crippen molar-refractivity contribution < 1.29 is 18.7 Å². The first kappa shape index (κ1) is 25.2. The van der Waals surface area contributed by atoms with E-state index in [0.717, 1.165) is 5.69 Å². The summed E-state index contributed by atoms with van der Waals surface area (Å²) in [5.41, 5.74) is 2.39. The molecule has 0 saturated carbocycles. The molecule has 5 rings (SSSR count). The van der Waals surface area contributed by atoms with E-state index >= 15 is 0 Å². The number of anilines is 2. The summed E-state index contributed by atoms with van der Waals surface area (Å²) in [6.07, 6.45) is 2.43. The van der Waals surface area contributed by atoms with Gasteiger partial charge in [-0.2, -0.15) is 0 Å². The highest BCUT2D eigenvalue weighted by Crippen LogP contribution is 2.35. The molecule has 3 heterocycles. The molecule has 9 nitrogen and oxygen atoms in total. The highest BCUT2D eigenvalue weighted by atomic mass is 19.1. The molecule has 0 spiro atoms. The molecule has 0 aliphatic carbocycles. The van der Waals surface area contributed by atoms with Gasteiger partial charge in [0.2, 0.25) is 18.1 Å². The monoisotopic (exact) mass is 514 g/mol. The van der Waals surface area contributed by atoms with Gasteiger partial charge >= 0.3 is 0 Å². The lowest BCUT2D eigenvalue weighted by Crippen LogP contribution is -2.48. The third-order valence-electron chi connectivity index (χ3n) is 6.07. The Morgan fingerprint density at radius 1 is 1.13 bits per heavy atom. The third-order valence-corrected chi connectivity index (χ3v) is 6.07. The molecule has 1 saturated heterocycles. The maximum atomic E-state index is 13.7. The highest BCUT2D eigenvalue weighted by Gasteiger charge is 2.40. The van der Waals surface area contributed by atoms with E-state index in [1.807, 2.05) is 30.3 Å². The average molecular weight is 515 g/mol. The summed E-state index contributed by atoms with van der Waals surface area (Å²) in [5, 5.41) is 5.97. The van der Waals surface area contributed by atoms with Crippen molar-refractivity contribution in [2.24, 2.45) is 5.41 Å². The number of nitrogens with zero attached hydrogens (tertiary/aromatic N) is 3. The summed E-state index contributed by atoms with van der Waals surface area (Å²) in [7, 11) is 0. The molecule has 4 aromatic rings. The number of halogens is 1. The van der Waals surface area contributed by atoms with Crippen LogP contribution in [-0.2, 0) is 14.3 Å². The number of benzene rings is 2. The topological polar surface area (TPSA) is 114 Å². The fraction of sp³-hybridized carbons (Fsp3) is 0.214. The quantitative estimate of drug-likeness (QED) is 0.290. The van der Waals surface area contributed by atoms with Gasteiger partial charge in [-0.05, 0) is 49.4 Å². The maximum Gasteiger partial charge on any atom is 0.230 e. The minimum Gasteiger partial charge on any atom is -0.352 e. The Morgan fingerprint density at radius 2 is 1.87 bits per heavy atom. The Kier molecular flexibility index (Phi) is 7.25. The molecule has 0 unspecified atom stereocenters. The second-order valence-electron chi connectivity index (χ2n) is 9.12. The zero-order chi connectivity index (χ0) is 26.5. The first-order valence-electron chi connectivity index (χ1n) is 12.1. The van der Waals surface area contributed by atoms with Gasteiger partial charge < -0.3 is 25.1 Å². The molecule has 38 heavy (non-hydrogen) atoms. The number of nitrogens with one attached hydrogen (secondary N) is 3. The molecule has 1 aliphatic heterocycles. The van der Waals surface area contributed by atoms with E-state index in [2.05, 4.69) is 32.2 Å². The minimum atomic E-state index is -0.848. The van der Waals surface area contributed by atoms with Crippen molar-refractivity contribution in [3.8, 4) is 22.6 Å². The molecule has 1 fully saturated rings. The normalized spacial score (nSPS) is 19.1. The van der Waals surface area contributed by atoms with Crippen LogP contribution < -0.4 is 10.6 Å². The molecular weight excluding hydrogens is 487 g/mol. The predicted octanol–water partition coefficient (Wildman–Crippen LogP) is 4.77. The Balaban J connectivity index is 1.44. The third kappa shape index (κ3) is 5.46. The molecule has 1 aliphatic rings. The van der Waals surface area contributed by atoms with Crippen molar-refractivity contribution in [3.63, 3.8) is 0 Å². The number of H-pyrrole nitrogens is 1. The molecular formula is C28H27FN6O3. The Bertz CT molecular complexity index is 1420. The summed E-state index contributed by atoms with van der Waals surface area (Å²) < 4.78 is 25.5. The van der Waals surface area contributed by atoms with Crippen molar-refractivity contribution in [1.29, 1.82) is 0 Å². The SMILES string of the molecule is C=CCNC(=O)C1(C)COC(c2nc(-c3ccc(F)cc3)c(-c3ccnc(Nc4ccccc4)n3)[nH]2)OC1. The van der Waals surface area contributed by atoms with Crippen LogP contribution in [0.15, 0.2) is 79.5 Å². The number of amides is 1. The zero-order valence-electron chi connectivity index (χ0n) is 20.8. The summed E-state index contributed by atoms with van der Waals surface area (Å²) in [5.74, 6) is 0.281. The molecule has 0 atom stereocenters. The molecule has 3 N–H and O–H groups in total. The average Bonchev–Trinajstić information content (AvgIpc) is 3.39. The van der Waals surface area contributed by atoms with Crippen LogP contribution in [0.3, 0.4) is 0 Å². The van der Waals surface area contributed by atoms with Crippen LogP contribution in [0.25, 0.3) is 22.6 Å². The summed E-state index contributed by atoms with van der Waals surface area (Å²) >= 11 is 0. The van der Waals surface area contributed by atoms with Crippen molar-refractivity contribution >= 4 is 17.5 Å². The second kappa shape index (κ2) is 10.9. The van der Waals surface area contributed by atoms with Gasteiger partial charge in [-0.25, -0.2) is 19.3 Å². The maximum absolute atomic E-state index is 13.7. The van der Waals surface area contributed by atoms with Gasteiger partial charge in [0.05, 0.1) is 35.7 Å². The first-order chi connectivity index (χ1) is 18.4. The van der Waals surface area contributed by atoms with Crippen LogP contribution in [0.2, 0.25) is 0 Å². The summed E-state index contributed by atoms with van der Waals surface area (Å²) in [6, 6.07) is 17.4. The van der Waals surface area contributed by atoms with Crippen LogP contribution in [0, 0.1) is 11.2 Å². The molecule has 2 aromatic carbocycles. The second-order valence-corrected chi connectivity index (χ2v) is 9.12. The number of ether oxygens (including phenoxy) is 2. The van der Waals surface area contributed by atoms with Crippen molar-refractivity contribution in [3.05, 3.63) is 91.2 Å². The molecule has 0 bridgehead atoms. The van der Waals surface area contributed by atoms with Gasteiger partial charge in [-0.15, -0.1) is 6.58 Å². The van der Waals surface area contributed by atoms with Crippen LogP contribution in [0.4, 0.5) is 16.0 Å². The molecule has 0 radical (unpaired) electrons. The van der Waals surface area contributed by atoms with Crippen molar-refractivity contribution in [2.45, 2.75) is 13.2 Å². The zero-order valence-corrected chi connectivity index (χ0v) is 20.8. The van der Waals surface area contributed by atoms with Gasteiger partial charge in [-0.3, -0.25) is 4.79 Å². The number of aromatic nitrogens is 4. The van der Waals surface area contributed by atoms with E-state index in [1.165, 1.54) is 12.1 Å². The first-order valence-corrected chi connectivity index (χ1v) is 12.1. The lowest BCUT2D eigenvalue weighted by atomic mass is 9.91. The van der Waals surface area contributed by atoms with E-state index in [1.54, 1.807) is 37.4 Å². The molecule has 194 valence electrons. The lowest BCUT2D eigenvalue weighted by Gasteiger charge is -2.35. The Labute approximate surface area is 219 Å². The van der Waals surface area contributed by atoms with Crippen LogP contribution in [0.5, 0.6) is 0 Å². The highest BCUT2D eigenvalue weighted by molar-refractivity contribution is 5.82. The van der Waals surface area contributed by atoms with Crippen LogP contribution >= 0.6 is 0 Å². The number of rotatable bonds is 8. The largest absolute Gasteiger partial charge is 0.352 e. The van der Waals surface area contributed by atoms with E-state index in [0.29, 0.717) is 41.0 Å². The van der Waals surface area contributed by atoms with Crippen LogP contribution in [-0.4, -0.2) is 45.6 Å². The van der Waals surface area contributed by atoms with Gasteiger partial charge in [0.25, 0.3) is 0 Å². The summed E-state index contributed by atoms with van der Waals surface area (Å²) in [6.45, 7) is 6.04. The smallest absolute Gasteiger partial charge is 0.230 e. The number of hydrogen-bond donors (Lipinski definition) is 3. The van der Waals surface area contributed by atoms with Gasteiger partial charge in [0, 0.05) is 24.0 Å². The van der Waals surface area contributed by atoms with E-state index in [9.17, 15) is 9.18 Å². The van der Waals surface area contributed by atoms with Crippen molar-refractivity contribution in [2.75, 3.05) is 25.1 Å². The number of para-hydroxylation sites is 1. The number of imidazole rings is 1. The van der Waals surface area contributed by atoms with Gasteiger partial charge in [0.15, 0.2) is 5.82 Å². The number of carbonyl (C=O) groups excluding carboxylic acids is 1. The van der Waals surface area contributed by atoms with E-state index in [4.69, 9.17) is 14.5 Å². The Morgan fingerprint density at radius 3 is 2.58 bits per heavy atom. The Hall–Kier alpha value is -4.41. The predicted molar refractivity (Wildman–Crippen MR) is 141 cm³/mol.